The minimum Gasteiger partial charge on any atom is -0.608 e. The lowest BCUT2D eigenvalue weighted by Gasteiger charge is -1.97. The van der Waals surface area contributed by atoms with Crippen LogP contribution in [0.2, 0.25) is 0 Å². The Bertz CT molecular complexity index is 250. The third-order valence-corrected chi connectivity index (χ3v) is 5.09. The van der Waals surface area contributed by atoms with Crippen molar-refractivity contribution in [3.63, 3.8) is 0 Å². The molecule has 1 aliphatic heterocycles. The van der Waals surface area contributed by atoms with E-state index in [9.17, 15) is 9.11 Å². The highest BCUT2D eigenvalue weighted by atomic mass is 32.3. The Morgan fingerprint density at radius 2 is 1.45 bits per heavy atom. The van der Waals surface area contributed by atoms with Gasteiger partial charge in [0.25, 0.3) is 5.08 Å². The van der Waals surface area contributed by atoms with E-state index in [0.29, 0.717) is 0 Å². The van der Waals surface area contributed by atoms with E-state index in [2.05, 4.69) is 0 Å². The molecular formula is C7H6O2S2. The Labute approximate surface area is 71.0 Å². The Morgan fingerprint density at radius 3 is 1.91 bits per heavy atom. The van der Waals surface area contributed by atoms with Gasteiger partial charge in [-0.25, -0.2) is 0 Å². The summed E-state index contributed by atoms with van der Waals surface area (Å²) < 4.78 is 22.4. The summed E-state index contributed by atoms with van der Waals surface area (Å²) in [6, 6.07) is 7.19. The molecule has 0 aromatic heterocycles. The Kier molecular flexibility index (Phi) is 1.85. The summed E-state index contributed by atoms with van der Waals surface area (Å²) in [5, 5.41) is 0.277. The first-order chi connectivity index (χ1) is 5.29. The maximum Gasteiger partial charge on any atom is 0.264 e. The molecule has 2 unspecified atom stereocenters. The molecule has 0 aliphatic carbocycles. The lowest BCUT2D eigenvalue weighted by atomic mass is 10.4. The maximum atomic E-state index is 11.2. The molecule has 1 heterocycles. The SMILES string of the molecule is [O-][S+]1C[S+]([O-])c2ccccc21. The highest BCUT2D eigenvalue weighted by Gasteiger charge is 2.36. The van der Waals surface area contributed by atoms with Gasteiger partial charge in [-0.3, -0.25) is 0 Å². The molecule has 11 heavy (non-hydrogen) atoms. The standard InChI is InChI=1S/C7H6O2S2/c8-10-5-11(9)7-4-2-1-3-6(7)10/h1-4H,5H2. The van der Waals surface area contributed by atoms with Crippen LogP contribution in [0, 0.1) is 0 Å². The lowest BCUT2D eigenvalue weighted by molar-refractivity contribution is 0.596. The summed E-state index contributed by atoms with van der Waals surface area (Å²) in [6.07, 6.45) is 0. The highest BCUT2D eigenvalue weighted by molar-refractivity contribution is 8.10. The summed E-state index contributed by atoms with van der Waals surface area (Å²) in [4.78, 5) is 1.48. The van der Waals surface area contributed by atoms with Crippen molar-refractivity contribution in [3.05, 3.63) is 24.3 Å². The summed E-state index contributed by atoms with van der Waals surface area (Å²) in [7, 11) is 0. The fraction of sp³-hybridized carbons (Fsp3) is 0.143. The number of rotatable bonds is 0. The van der Waals surface area contributed by atoms with E-state index in [-0.39, 0.29) is 5.08 Å². The second-order valence-electron chi connectivity index (χ2n) is 2.26. The molecule has 0 fully saturated rings. The molecule has 1 aromatic rings. The molecule has 4 heteroatoms. The predicted molar refractivity (Wildman–Crippen MR) is 44.1 cm³/mol. The first-order valence-corrected chi connectivity index (χ1v) is 5.78. The van der Waals surface area contributed by atoms with Crippen molar-refractivity contribution in [1.82, 2.24) is 0 Å². The third kappa shape index (κ3) is 1.16. The van der Waals surface area contributed by atoms with Crippen LogP contribution in [0.3, 0.4) is 0 Å². The van der Waals surface area contributed by atoms with Gasteiger partial charge in [0.15, 0.2) is 0 Å². The molecule has 0 spiro atoms. The van der Waals surface area contributed by atoms with Gasteiger partial charge in [0.05, 0.1) is 0 Å². The van der Waals surface area contributed by atoms with Crippen molar-refractivity contribution in [2.75, 3.05) is 5.08 Å². The molecule has 58 valence electrons. The van der Waals surface area contributed by atoms with Crippen molar-refractivity contribution in [2.24, 2.45) is 0 Å². The van der Waals surface area contributed by atoms with E-state index in [0.717, 1.165) is 9.79 Å². The van der Waals surface area contributed by atoms with Gasteiger partial charge in [-0.2, -0.15) is 0 Å². The first-order valence-electron chi connectivity index (χ1n) is 3.15. The normalized spacial score (nSPS) is 28.5. The highest BCUT2D eigenvalue weighted by Crippen LogP contribution is 2.31. The zero-order valence-electron chi connectivity index (χ0n) is 5.65. The zero-order valence-corrected chi connectivity index (χ0v) is 7.28. The molecule has 1 aromatic carbocycles. The Hall–Kier alpha value is -0.160. The summed E-state index contributed by atoms with van der Waals surface area (Å²) in [6.45, 7) is 0. The molecule has 2 rings (SSSR count). The fourth-order valence-corrected chi connectivity index (χ4v) is 4.45. The van der Waals surface area contributed by atoms with Crippen LogP contribution in [0.15, 0.2) is 34.1 Å². The Balaban J connectivity index is 2.52. The second-order valence-corrected chi connectivity index (χ2v) is 5.46. The molecule has 0 bridgehead atoms. The van der Waals surface area contributed by atoms with Gasteiger partial charge < -0.3 is 9.11 Å². The maximum absolute atomic E-state index is 11.2. The monoisotopic (exact) mass is 186 g/mol. The van der Waals surface area contributed by atoms with Crippen LogP contribution in [-0.2, 0) is 22.4 Å². The minimum atomic E-state index is -1.03. The van der Waals surface area contributed by atoms with Crippen LogP contribution in [0.4, 0.5) is 0 Å². The van der Waals surface area contributed by atoms with Crippen LogP contribution in [0.5, 0.6) is 0 Å². The molecule has 0 saturated carbocycles. The molecular weight excluding hydrogens is 180 g/mol. The van der Waals surface area contributed by atoms with E-state index in [1.54, 1.807) is 12.1 Å². The average Bonchev–Trinajstić information content (AvgIpc) is 2.30. The topological polar surface area (TPSA) is 46.1 Å². The van der Waals surface area contributed by atoms with Crippen LogP contribution in [0.25, 0.3) is 0 Å². The van der Waals surface area contributed by atoms with Crippen LogP contribution < -0.4 is 0 Å². The van der Waals surface area contributed by atoms with Crippen LogP contribution in [-0.4, -0.2) is 14.2 Å². The zero-order chi connectivity index (χ0) is 7.84. The smallest absolute Gasteiger partial charge is 0.264 e. The molecule has 0 N–H and O–H groups in total. The van der Waals surface area contributed by atoms with Gasteiger partial charge >= 0.3 is 0 Å². The van der Waals surface area contributed by atoms with E-state index < -0.39 is 22.4 Å². The van der Waals surface area contributed by atoms with Gasteiger partial charge in [0.1, 0.15) is 0 Å². The molecule has 0 saturated heterocycles. The molecule has 2 atom stereocenters. The average molecular weight is 186 g/mol. The van der Waals surface area contributed by atoms with Gasteiger partial charge in [-0.1, -0.05) is 12.1 Å². The number of hydrogen-bond acceptors (Lipinski definition) is 2. The molecule has 1 aliphatic rings. The lowest BCUT2D eigenvalue weighted by Crippen LogP contribution is -2.04. The van der Waals surface area contributed by atoms with Crippen LogP contribution in [0.1, 0.15) is 0 Å². The van der Waals surface area contributed by atoms with Crippen molar-refractivity contribution in [1.29, 1.82) is 0 Å². The number of fused-ring (bicyclic) bond motifs is 1. The van der Waals surface area contributed by atoms with Gasteiger partial charge in [0, 0.05) is 22.4 Å². The minimum absolute atomic E-state index is 0.277. The largest absolute Gasteiger partial charge is 0.608 e. The van der Waals surface area contributed by atoms with E-state index in [1.807, 2.05) is 12.1 Å². The van der Waals surface area contributed by atoms with Crippen molar-refractivity contribution in [2.45, 2.75) is 9.79 Å². The Morgan fingerprint density at radius 1 is 1.00 bits per heavy atom. The van der Waals surface area contributed by atoms with E-state index in [1.165, 1.54) is 0 Å². The van der Waals surface area contributed by atoms with Crippen molar-refractivity contribution < 1.29 is 9.11 Å². The fourth-order valence-electron chi connectivity index (χ4n) is 1.05. The first kappa shape index (κ1) is 7.49. The van der Waals surface area contributed by atoms with Gasteiger partial charge in [-0.05, 0) is 12.1 Å². The summed E-state index contributed by atoms with van der Waals surface area (Å²) in [5.74, 6) is 0. The third-order valence-electron chi connectivity index (χ3n) is 1.55. The number of hydrogen-bond donors (Lipinski definition) is 0. The van der Waals surface area contributed by atoms with E-state index >= 15 is 0 Å². The van der Waals surface area contributed by atoms with E-state index in [4.69, 9.17) is 0 Å². The van der Waals surface area contributed by atoms with Gasteiger partial charge in [-0.15, -0.1) is 0 Å². The van der Waals surface area contributed by atoms with Crippen molar-refractivity contribution in [3.8, 4) is 0 Å². The van der Waals surface area contributed by atoms with Crippen molar-refractivity contribution >= 4 is 22.4 Å². The second kappa shape index (κ2) is 2.71. The molecule has 2 nitrogen and oxygen atoms in total. The number of benzene rings is 1. The van der Waals surface area contributed by atoms with Gasteiger partial charge in [0.2, 0.25) is 9.79 Å². The summed E-state index contributed by atoms with van der Waals surface area (Å²) >= 11 is -2.06. The van der Waals surface area contributed by atoms with Crippen LogP contribution >= 0.6 is 0 Å². The predicted octanol–water partition coefficient (Wildman–Crippen LogP) is 0.873. The molecule has 0 amide bonds. The quantitative estimate of drug-likeness (QED) is 0.564. The summed E-state index contributed by atoms with van der Waals surface area (Å²) in [5.41, 5.74) is 0. The molecule has 0 radical (unpaired) electrons.